The van der Waals surface area contributed by atoms with Gasteiger partial charge in [0, 0.05) is 6.20 Å². The number of rotatable bonds is 1. The Morgan fingerprint density at radius 3 is 2.86 bits per heavy atom. The fraction of sp³-hybridized carbons (Fsp3) is 0.111. The molecule has 4 nitrogen and oxygen atoms in total. The molecule has 0 saturated carbocycles. The van der Waals surface area contributed by atoms with Gasteiger partial charge in [-0.15, -0.1) is 0 Å². The third kappa shape index (κ3) is 1.44. The molecule has 0 bridgehead atoms. The van der Waals surface area contributed by atoms with Crippen LogP contribution in [0.25, 0.3) is 5.82 Å². The van der Waals surface area contributed by atoms with Crippen molar-refractivity contribution in [1.82, 2.24) is 14.8 Å². The highest BCUT2D eigenvalue weighted by atomic mass is 35.5. The van der Waals surface area contributed by atoms with Crippen molar-refractivity contribution in [3.8, 4) is 5.82 Å². The van der Waals surface area contributed by atoms with Crippen molar-refractivity contribution in [2.45, 2.75) is 6.92 Å². The Hall–Kier alpha value is -1.55. The molecule has 0 atom stereocenters. The molecule has 14 heavy (non-hydrogen) atoms. The summed E-state index contributed by atoms with van der Waals surface area (Å²) >= 11 is 5.78. The lowest BCUT2D eigenvalue weighted by molar-refractivity contribution is 0.855. The minimum Gasteiger partial charge on any atom is -0.382 e. The van der Waals surface area contributed by atoms with E-state index in [-0.39, 0.29) is 0 Å². The Morgan fingerprint density at radius 2 is 2.29 bits per heavy atom. The lowest BCUT2D eigenvalue weighted by Crippen LogP contribution is -2.03. The molecule has 0 aromatic carbocycles. The van der Waals surface area contributed by atoms with Crippen LogP contribution in [0.5, 0.6) is 0 Å². The SMILES string of the molecule is Cc1ccnc(-n2ncc(Cl)c2N)c1. The summed E-state index contributed by atoms with van der Waals surface area (Å²) in [5, 5.41) is 4.46. The number of nitrogen functional groups attached to an aromatic ring is 1. The first-order valence-corrected chi connectivity index (χ1v) is 4.48. The molecule has 0 unspecified atom stereocenters. The molecule has 0 spiro atoms. The lowest BCUT2D eigenvalue weighted by atomic mass is 10.3. The highest BCUT2D eigenvalue weighted by molar-refractivity contribution is 6.32. The lowest BCUT2D eigenvalue weighted by Gasteiger charge is -2.03. The van der Waals surface area contributed by atoms with Crippen LogP contribution in [0, 0.1) is 6.92 Å². The molecule has 0 amide bonds. The smallest absolute Gasteiger partial charge is 0.155 e. The van der Waals surface area contributed by atoms with Crippen LogP contribution in [0.4, 0.5) is 5.82 Å². The van der Waals surface area contributed by atoms with Crippen molar-refractivity contribution >= 4 is 17.4 Å². The topological polar surface area (TPSA) is 56.7 Å². The van der Waals surface area contributed by atoms with Crippen LogP contribution < -0.4 is 5.73 Å². The van der Waals surface area contributed by atoms with Gasteiger partial charge in [0.1, 0.15) is 10.8 Å². The van der Waals surface area contributed by atoms with Crippen molar-refractivity contribution in [2.24, 2.45) is 0 Å². The van der Waals surface area contributed by atoms with Crippen LogP contribution in [-0.2, 0) is 0 Å². The standard InChI is InChI=1S/C9H9ClN4/c1-6-2-3-12-8(4-6)14-9(11)7(10)5-13-14/h2-5H,11H2,1H3. The van der Waals surface area contributed by atoms with Crippen molar-refractivity contribution in [1.29, 1.82) is 0 Å². The largest absolute Gasteiger partial charge is 0.382 e. The van der Waals surface area contributed by atoms with Gasteiger partial charge in [-0.1, -0.05) is 11.6 Å². The maximum absolute atomic E-state index is 5.78. The van der Waals surface area contributed by atoms with Gasteiger partial charge in [0.25, 0.3) is 0 Å². The van der Waals surface area contributed by atoms with E-state index in [2.05, 4.69) is 10.1 Å². The number of halogens is 1. The molecule has 0 saturated heterocycles. The number of hydrogen-bond donors (Lipinski definition) is 1. The summed E-state index contributed by atoms with van der Waals surface area (Å²) in [5.74, 6) is 1.08. The van der Waals surface area contributed by atoms with Gasteiger partial charge < -0.3 is 5.73 Å². The maximum atomic E-state index is 5.78. The van der Waals surface area contributed by atoms with Gasteiger partial charge in [-0.2, -0.15) is 9.78 Å². The Labute approximate surface area is 86.3 Å². The first-order chi connectivity index (χ1) is 6.68. The van der Waals surface area contributed by atoms with E-state index in [0.29, 0.717) is 16.7 Å². The predicted octanol–water partition coefficient (Wildman–Crippen LogP) is 1.81. The second-order valence-electron chi connectivity index (χ2n) is 2.98. The molecule has 2 N–H and O–H groups in total. The first-order valence-electron chi connectivity index (χ1n) is 4.10. The molecule has 2 aromatic rings. The van der Waals surface area contributed by atoms with Crippen molar-refractivity contribution < 1.29 is 0 Å². The Morgan fingerprint density at radius 1 is 1.50 bits per heavy atom. The van der Waals surface area contributed by atoms with Crippen LogP contribution in [0.15, 0.2) is 24.5 Å². The number of aromatic nitrogens is 3. The zero-order valence-electron chi connectivity index (χ0n) is 7.61. The Balaban J connectivity index is 2.55. The van der Waals surface area contributed by atoms with Gasteiger partial charge in [0.05, 0.1) is 6.20 Å². The van der Waals surface area contributed by atoms with Crippen LogP contribution in [0.2, 0.25) is 5.02 Å². The second-order valence-corrected chi connectivity index (χ2v) is 3.39. The van der Waals surface area contributed by atoms with E-state index < -0.39 is 0 Å². The number of nitrogens with two attached hydrogens (primary N) is 1. The molecule has 0 aliphatic rings. The van der Waals surface area contributed by atoms with Crippen molar-refractivity contribution in [3.63, 3.8) is 0 Å². The molecule has 0 aliphatic carbocycles. The molecule has 0 radical (unpaired) electrons. The first kappa shape index (κ1) is 9.02. The molecule has 2 rings (SSSR count). The summed E-state index contributed by atoms with van der Waals surface area (Å²) in [5.41, 5.74) is 6.81. The molecule has 2 aromatic heterocycles. The number of pyridine rings is 1. The second kappa shape index (κ2) is 3.31. The average molecular weight is 209 g/mol. The number of hydrogen-bond acceptors (Lipinski definition) is 3. The predicted molar refractivity (Wildman–Crippen MR) is 55.5 cm³/mol. The summed E-state index contributed by atoms with van der Waals surface area (Å²) in [4.78, 5) is 4.15. The molecule has 2 heterocycles. The van der Waals surface area contributed by atoms with Crippen LogP contribution in [-0.4, -0.2) is 14.8 Å². The van der Waals surface area contributed by atoms with E-state index in [1.165, 1.54) is 10.9 Å². The number of nitrogens with zero attached hydrogens (tertiary/aromatic N) is 3. The van der Waals surface area contributed by atoms with Crippen molar-refractivity contribution in [3.05, 3.63) is 35.1 Å². The highest BCUT2D eigenvalue weighted by Gasteiger charge is 2.07. The summed E-state index contributed by atoms with van der Waals surface area (Å²) in [7, 11) is 0. The average Bonchev–Trinajstić information content (AvgIpc) is 2.48. The van der Waals surface area contributed by atoms with E-state index in [1.54, 1.807) is 6.20 Å². The molecule has 5 heteroatoms. The summed E-state index contributed by atoms with van der Waals surface area (Å²) in [6.07, 6.45) is 3.21. The number of anilines is 1. The zero-order valence-corrected chi connectivity index (χ0v) is 8.36. The Bertz CT molecular complexity index is 464. The van der Waals surface area contributed by atoms with Gasteiger partial charge in [-0.05, 0) is 24.6 Å². The van der Waals surface area contributed by atoms with E-state index in [0.717, 1.165) is 5.56 Å². The Kier molecular flexibility index (Phi) is 2.13. The van der Waals surface area contributed by atoms with Gasteiger partial charge in [-0.25, -0.2) is 4.98 Å². The van der Waals surface area contributed by atoms with Crippen LogP contribution in [0.1, 0.15) is 5.56 Å². The molecular formula is C9H9ClN4. The van der Waals surface area contributed by atoms with E-state index in [1.807, 2.05) is 19.1 Å². The van der Waals surface area contributed by atoms with Gasteiger partial charge >= 0.3 is 0 Å². The van der Waals surface area contributed by atoms with Crippen LogP contribution >= 0.6 is 11.6 Å². The zero-order chi connectivity index (χ0) is 10.1. The third-order valence-corrected chi connectivity index (χ3v) is 2.17. The number of aryl methyl sites for hydroxylation is 1. The molecule has 72 valence electrons. The van der Waals surface area contributed by atoms with Crippen LogP contribution in [0.3, 0.4) is 0 Å². The minimum atomic E-state index is 0.407. The fourth-order valence-corrected chi connectivity index (χ4v) is 1.28. The molecule has 0 fully saturated rings. The van der Waals surface area contributed by atoms with Gasteiger partial charge in [0.2, 0.25) is 0 Å². The third-order valence-electron chi connectivity index (χ3n) is 1.88. The highest BCUT2D eigenvalue weighted by Crippen LogP contribution is 2.20. The monoisotopic (exact) mass is 208 g/mol. The molecular weight excluding hydrogens is 200 g/mol. The summed E-state index contributed by atoms with van der Waals surface area (Å²) < 4.78 is 1.51. The summed E-state index contributed by atoms with van der Waals surface area (Å²) in [6, 6.07) is 3.80. The summed E-state index contributed by atoms with van der Waals surface area (Å²) in [6.45, 7) is 1.98. The van der Waals surface area contributed by atoms with Gasteiger partial charge in [-0.3, -0.25) is 0 Å². The van der Waals surface area contributed by atoms with Gasteiger partial charge in [0.15, 0.2) is 5.82 Å². The fourth-order valence-electron chi connectivity index (χ4n) is 1.16. The quantitative estimate of drug-likeness (QED) is 0.778. The molecule has 0 aliphatic heterocycles. The van der Waals surface area contributed by atoms with Crippen molar-refractivity contribution in [2.75, 3.05) is 5.73 Å². The van der Waals surface area contributed by atoms with E-state index >= 15 is 0 Å². The minimum absolute atomic E-state index is 0.407. The maximum Gasteiger partial charge on any atom is 0.155 e. The van der Waals surface area contributed by atoms with E-state index in [4.69, 9.17) is 17.3 Å². The van der Waals surface area contributed by atoms with E-state index in [9.17, 15) is 0 Å². The normalized spacial score (nSPS) is 10.4.